The van der Waals surface area contributed by atoms with E-state index >= 15 is 0 Å². The van der Waals surface area contributed by atoms with Gasteiger partial charge in [0, 0.05) is 6.54 Å². The Labute approximate surface area is 141 Å². The Morgan fingerprint density at radius 1 is 1.23 bits per heavy atom. The van der Waals surface area contributed by atoms with Crippen LogP contribution in [0.3, 0.4) is 0 Å². The van der Waals surface area contributed by atoms with Gasteiger partial charge >= 0.3 is 5.97 Å². The first-order chi connectivity index (χ1) is 10.3. The minimum Gasteiger partial charge on any atom is -0.466 e. The van der Waals surface area contributed by atoms with Crippen LogP contribution in [0.5, 0.6) is 0 Å². The highest BCUT2D eigenvalue weighted by Crippen LogP contribution is 2.30. The molecule has 6 heteroatoms. The molecule has 1 rings (SSSR count). The van der Waals surface area contributed by atoms with Crippen molar-refractivity contribution in [2.45, 2.75) is 39.0 Å². The minimum atomic E-state index is -0.776. The Bertz CT molecular complexity index is 544. The van der Waals surface area contributed by atoms with E-state index in [2.05, 4.69) is 5.32 Å². The number of carbonyl (C=O) groups excluding carboxylic acids is 2. The molecule has 0 unspecified atom stereocenters. The SMILES string of the molecule is CCCOC(=O)CCNC(=O)C(C)(C)c1ccc(Cl)c(Cl)c1. The number of halogens is 2. The fraction of sp³-hybridized carbons (Fsp3) is 0.500. The van der Waals surface area contributed by atoms with E-state index in [1.54, 1.807) is 32.0 Å². The maximum atomic E-state index is 12.3. The molecule has 0 spiro atoms. The number of nitrogens with one attached hydrogen (secondary N) is 1. The van der Waals surface area contributed by atoms with Crippen molar-refractivity contribution in [2.24, 2.45) is 0 Å². The molecule has 0 aliphatic heterocycles. The summed E-state index contributed by atoms with van der Waals surface area (Å²) >= 11 is 11.9. The summed E-state index contributed by atoms with van der Waals surface area (Å²) in [6.07, 6.45) is 0.936. The van der Waals surface area contributed by atoms with Crippen molar-refractivity contribution in [1.82, 2.24) is 5.32 Å². The molecule has 1 aromatic rings. The van der Waals surface area contributed by atoms with Crippen molar-refractivity contribution in [3.05, 3.63) is 33.8 Å². The third-order valence-electron chi connectivity index (χ3n) is 3.29. The highest BCUT2D eigenvalue weighted by Gasteiger charge is 2.30. The van der Waals surface area contributed by atoms with E-state index in [1.165, 1.54) is 0 Å². The summed E-state index contributed by atoms with van der Waals surface area (Å²) in [6.45, 7) is 6.15. The second-order valence-electron chi connectivity index (χ2n) is 5.48. The van der Waals surface area contributed by atoms with Gasteiger partial charge in [-0.2, -0.15) is 0 Å². The molecule has 0 bridgehead atoms. The van der Waals surface area contributed by atoms with E-state index in [1.807, 2.05) is 6.92 Å². The number of esters is 1. The Morgan fingerprint density at radius 2 is 1.91 bits per heavy atom. The van der Waals surface area contributed by atoms with Crippen LogP contribution in [0.15, 0.2) is 18.2 Å². The molecular formula is C16H21Cl2NO3. The molecule has 0 aromatic heterocycles. The number of hydrogen-bond donors (Lipinski definition) is 1. The molecule has 1 N–H and O–H groups in total. The maximum Gasteiger partial charge on any atom is 0.307 e. The molecule has 1 amide bonds. The lowest BCUT2D eigenvalue weighted by Crippen LogP contribution is -2.41. The molecule has 22 heavy (non-hydrogen) atoms. The normalized spacial score (nSPS) is 11.1. The molecule has 1 aromatic carbocycles. The Balaban J connectivity index is 2.59. The Kier molecular flexibility index (Phi) is 7.17. The molecule has 122 valence electrons. The minimum absolute atomic E-state index is 0.156. The molecule has 0 saturated carbocycles. The summed E-state index contributed by atoms with van der Waals surface area (Å²) in [4.78, 5) is 23.7. The fourth-order valence-electron chi connectivity index (χ4n) is 1.80. The molecule has 0 radical (unpaired) electrons. The van der Waals surface area contributed by atoms with Crippen LogP contribution in [-0.2, 0) is 19.7 Å². The number of amides is 1. The predicted octanol–water partition coefficient (Wildman–Crippen LogP) is 3.73. The van der Waals surface area contributed by atoms with E-state index < -0.39 is 5.41 Å². The monoisotopic (exact) mass is 345 g/mol. The van der Waals surface area contributed by atoms with Gasteiger partial charge in [-0.25, -0.2) is 0 Å². The van der Waals surface area contributed by atoms with Crippen LogP contribution >= 0.6 is 23.2 Å². The van der Waals surface area contributed by atoms with Crippen LogP contribution in [0.4, 0.5) is 0 Å². The van der Waals surface area contributed by atoms with Crippen molar-refractivity contribution < 1.29 is 14.3 Å². The number of benzene rings is 1. The second-order valence-corrected chi connectivity index (χ2v) is 6.29. The zero-order valence-corrected chi connectivity index (χ0v) is 14.6. The van der Waals surface area contributed by atoms with Gasteiger partial charge in [-0.05, 0) is 38.0 Å². The third-order valence-corrected chi connectivity index (χ3v) is 4.03. The second kappa shape index (κ2) is 8.39. The van der Waals surface area contributed by atoms with Crippen LogP contribution in [0, 0.1) is 0 Å². The van der Waals surface area contributed by atoms with Gasteiger partial charge in [0.2, 0.25) is 5.91 Å². The third kappa shape index (κ3) is 5.18. The predicted molar refractivity (Wildman–Crippen MR) is 88.4 cm³/mol. The van der Waals surface area contributed by atoms with Crippen LogP contribution in [0.25, 0.3) is 0 Å². The largest absolute Gasteiger partial charge is 0.466 e. The number of hydrogen-bond acceptors (Lipinski definition) is 3. The number of carbonyl (C=O) groups is 2. The van der Waals surface area contributed by atoms with E-state index in [4.69, 9.17) is 27.9 Å². The average molecular weight is 346 g/mol. The zero-order valence-electron chi connectivity index (χ0n) is 13.0. The Hall–Kier alpha value is -1.26. The molecule has 0 heterocycles. The molecule has 0 saturated heterocycles. The first kappa shape index (κ1) is 18.8. The van der Waals surface area contributed by atoms with E-state index in [9.17, 15) is 9.59 Å². The standard InChI is InChI=1S/C16H21Cl2NO3/c1-4-9-22-14(20)7-8-19-15(21)16(2,3)11-5-6-12(17)13(18)10-11/h5-6,10H,4,7-9H2,1-3H3,(H,19,21). The number of rotatable bonds is 7. The van der Waals surface area contributed by atoms with Crippen LogP contribution in [-0.4, -0.2) is 25.0 Å². The van der Waals surface area contributed by atoms with Crippen molar-refractivity contribution in [2.75, 3.05) is 13.2 Å². The average Bonchev–Trinajstić information content (AvgIpc) is 2.47. The maximum absolute atomic E-state index is 12.3. The smallest absolute Gasteiger partial charge is 0.307 e. The lowest BCUT2D eigenvalue weighted by molar-refractivity contribution is -0.143. The fourth-order valence-corrected chi connectivity index (χ4v) is 2.10. The van der Waals surface area contributed by atoms with Crippen LogP contribution in [0.1, 0.15) is 39.2 Å². The van der Waals surface area contributed by atoms with Gasteiger partial charge in [0.15, 0.2) is 0 Å². The summed E-state index contributed by atoms with van der Waals surface area (Å²) < 4.78 is 4.95. The first-order valence-corrected chi connectivity index (χ1v) is 7.94. The lowest BCUT2D eigenvalue weighted by atomic mass is 9.83. The van der Waals surface area contributed by atoms with E-state index in [0.29, 0.717) is 16.7 Å². The molecule has 0 atom stereocenters. The molecule has 0 fully saturated rings. The summed E-state index contributed by atoms with van der Waals surface area (Å²) in [6, 6.07) is 5.11. The van der Waals surface area contributed by atoms with E-state index in [0.717, 1.165) is 12.0 Å². The molecule has 0 aliphatic carbocycles. The quantitative estimate of drug-likeness (QED) is 0.766. The zero-order chi connectivity index (χ0) is 16.8. The summed E-state index contributed by atoms with van der Waals surface area (Å²) in [7, 11) is 0. The van der Waals surface area contributed by atoms with Crippen molar-refractivity contribution in [1.29, 1.82) is 0 Å². The van der Waals surface area contributed by atoms with Crippen molar-refractivity contribution >= 4 is 35.1 Å². The molecule has 4 nitrogen and oxygen atoms in total. The highest BCUT2D eigenvalue weighted by molar-refractivity contribution is 6.42. The van der Waals surface area contributed by atoms with E-state index in [-0.39, 0.29) is 24.8 Å². The van der Waals surface area contributed by atoms with Crippen molar-refractivity contribution in [3.63, 3.8) is 0 Å². The summed E-state index contributed by atoms with van der Waals surface area (Å²) in [5.74, 6) is -0.497. The van der Waals surface area contributed by atoms with Gasteiger partial charge in [0.25, 0.3) is 0 Å². The van der Waals surface area contributed by atoms with Gasteiger partial charge < -0.3 is 10.1 Å². The molecule has 0 aliphatic rings. The van der Waals surface area contributed by atoms with Gasteiger partial charge in [-0.15, -0.1) is 0 Å². The van der Waals surface area contributed by atoms with Crippen molar-refractivity contribution in [3.8, 4) is 0 Å². The highest BCUT2D eigenvalue weighted by atomic mass is 35.5. The Morgan fingerprint density at radius 3 is 2.50 bits per heavy atom. The van der Waals surface area contributed by atoms with Crippen LogP contribution < -0.4 is 5.32 Å². The summed E-state index contributed by atoms with van der Waals surface area (Å²) in [5.41, 5.74) is -0.0189. The van der Waals surface area contributed by atoms with Gasteiger partial charge in [-0.3, -0.25) is 9.59 Å². The first-order valence-electron chi connectivity index (χ1n) is 7.18. The molecular weight excluding hydrogens is 325 g/mol. The van der Waals surface area contributed by atoms with Gasteiger partial charge in [-0.1, -0.05) is 36.2 Å². The topological polar surface area (TPSA) is 55.4 Å². The van der Waals surface area contributed by atoms with Gasteiger partial charge in [0.05, 0.1) is 28.5 Å². The summed E-state index contributed by atoms with van der Waals surface area (Å²) in [5, 5.41) is 3.60. The lowest BCUT2D eigenvalue weighted by Gasteiger charge is -2.24. The van der Waals surface area contributed by atoms with Gasteiger partial charge in [0.1, 0.15) is 0 Å². The van der Waals surface area contributed by atoms with Crippen LogP contribution in [0.2, 0.25) is 10.0 Å². The number of ether oxygens (including phenoxy) is 1.